The Balaban J connectivity index is 1.80. The van der Waals surface area contributed by atoms with Crippen LogP contribution in [0.4, 0.5) is 10.5 Å². The van der Waals surface area contributed by atoms with Gasteiger partial charge >= 0.3 is 12.0 Å². The molecular formula is C18H17N5O3. The maximum atomic E-state index is 12.2. The lowest BCUT2D eigenvalue weighted by Gasteiger charge is -2.13. The van der Waals surface area contributed by atoms with Gasteiger partial charge in [-0.15, -0.1) is 0 Å². The van der Waals surface area contributed by atoms with Crippen LogP contribution in [0, 0.1) is 11.3 Å². The largest absolute Gasteiger partial charge is 0.424 e. The van der Waals surface area contributed by atoms with Gasteiger partial charge in [0, 0.05) is 0 Å². The summed E-state index contributed by atoms with van der Waals surface area (Å²) in [4.78, 5) is 33.3. The fraction of sp³-hybridized carbons (Fsp3) is 0.278. The lowest BCUT2D eigenvalue weighted by atomic mass is 10.1. The van der Waals surface area contributed by atoms with Crippen molar-refractivity contribution in [2.24, 2.45) is 0 Å². The number of hydrogen-bond acceptors (Lipinski definition) is 6. The predicted octanol–water partition coefficient (Wildman–Crippen LogP) is 2.54. The Morgan fingerprint density at radius 1 is 1.27 bits per heavy atom. The smallest absolute Gasteiger partial charge is 0.329 e. The van der Waals surface area contributed by atoms with Crippen LogP contribution in [0.2, 0.25) is 0 Å². The Morgan fingerprint density at radius 3 is 2.58 bits per heavy atom. The van der Waals surface area contributed by atoms with Gasteiger partial charge in [-0.2, -0.15) is 5.26 Å². The number of benzene rings is 1. The number of rotatable bonds is 5. The summed E-state index contributed by atoms with van der Waals surface area (Å²) < 4.78 is 5.68. The molecule has 1 saturated heterocycles. The number of anilines is 1. The van der Waals surface area contributed by atoms with Crippen molar-refractivity contribution >= 4 is 17.6 Å². The van der Waals surface area contributed by atoms with Gasteiger partial charge in [0.2, 0.25) is 0 Å². The zero-order valence-corrected chi connectivity index (χ0v) is 14.4. The predicted molar refractivity (Wildman–Crippen MR) is 92.7 cm³/mol. The molecule has 3 amide bonds. The van der Waals surface area contributed by atoms with Gasteiger partial charge < -0.3 is 10.1 Å². The van der Waals surface area contributed by atoms with E-state index in [0.717, 1.165) is 10.5 Å². The minimum absolute atomic E-state index is 0.0900. The standard InChI is InChI=1S/C18H17N5O3/c1-3-12-7-11(8-19)5-6-15(12)26-17-20-9-13(10-21-17)23-16(24)14(4-2)22-18(23)25/h5-7,9-10,14H,3-4H2,1-2H3,(H,22,25)/t14-/m1/s1. The van der Waals surface area contributed by atoms with E-state index < -0.39 is 12.1 Å². The number of aryl methyl sites for hydroxylation is 1. The van der Waals surface area contributed by atoms with Crippen LogP contribution < -0.4 is 15.0 Å². The van der Waals surface area contributed by atoms with Gasteiger partial charge in [-0.3, -0.25) is 4.79 Å². The molecule has 1 aliphatic rings. The number of ether oxygens (including phenoxy) is 1. The normalized spacial score (nSPS) is 16.3. The number of nitrogens with zero attached hydrogens (tertiary/aromatic N) is 4. The quantitative estimate of drug-likeness (QED) is 0.829. The Bertz CT molecular complexity index is 889. The molecule has 26 heavy (non-hydrogen) atoms. The van der Waals surface area contributed by atoms with E-state index in [0.29, 0.717) is 24.2 Å². The van der Waals surface area contributed by atoms with E-state index in [1.54, 1.807) is 18.2 Å². The number of hydrogen-bond donors (Lipinski definition) is 1. The third-order valence-electron chi connectivity index (χ3n) is 4.07. The number of urea groups is 1. The highest BCUT2D eigenvalue weighted by molar-refractivity contribution is 6.21. The minimum atomic E-state index is -0.524. The topological polar surface area (TPSA) is 108 Å². The summed E-state index contributed by atoms with van der Waals surface area (Å²) in [6.07, 6.45) is 3.94. The molecule has 2 aromatic rings. The van der Waals surface area contributed by atoms with Crippen molar-refractivity contribution in [1.29, 1.82) is 5.26 Å². The van der Waals surface area contributed by atoms with E-state index in [1.165, 1.54) is 12.4 Å². The molecule has 0 radical (unpaired) electrons. The van der Waals surface area contributed by atoms with Crippen molar-refractivity contribution < 1.29 is 14.3 Å². The second-order valence-corrected chi connectivity index (χ2v) is 5.70. The lowest BCUT2D eigenvalue weighted by molar-refractivity contribution is -0.118. The lowest BCUT2D eigenvalue weighted by Crippen LogP contribution is -2.31. The number of nitrogens with one attached hydrogen (secondary N) is 1. The molecule has 1 aromatic heterocycles. The van der Waals surface area contributed by atoms with Crippen molar-refractivity contribution in [3.8, 4) is 17.8 Å². The van der Waals surface area contributed by atoms with Crippen LogP contribution in [0.5, 0.6) is 11.8 Å². The number of aromatic nitrogens is 2. The van der Waals surface area contributed by atoms with Crippen LogP contribution in [0.3, 0.4) is 0 Å². The number of nitriles is 1. The van der Waals surface area contributed by atoms with Crippen LogP contribution in [0.15, 0.2) is 30.6 Å². The number of amides is 3. The van der Waals surface area contributed by atoms with Gasteiger partial charge in [0.05, 0.1) is 29.7 Å². The van der Waals surface area contributed by atoms with Crippen LogP contribution in [-0.4, -0.2) is 27.9 Å². The van der Waals surface area contributed by atoms with Crippen LogP contribution >= 0.6 is 0 Å². The molecule has 0 bridgehead atoms. The van der Waals surface area contributed by atoms with Gasteiger partial charge in [0.1, 0.15) is 11.8 Å². The summed E-state index contributed by atoms with van der Waals surface area (Å²) in [5, 5.41) is 11.6. The first-order chi connectivity index (χ1) is 12.6. The number of carbonyl (C=O) groups excluding carboxylic acids is 2. The highest BCUT2D eigenvalue weighted by Gasteiger charge is 2.38. The molecule has 1 aromatic carbocycles. The summed E-state index contributed by atoms with van der Waals surface area (Å²) in [5.41, 5.74) is 1.69. The van der Waals surface area contributed by atoms with Gasteiger partial charge in [-0.25, -0.2) is 19.7 Å². The highest BCUT2D eigenvalue weighted by Crippen LogP contribution is 2.26. The minimum Gasteiger partial charge on any atom is -0.424 e. The van der Waals surface area contributed by atoms with Crippen molar-refractivity contribution in [2.45, 2.75) is 32.7 Å². The van der Waals surface area contributed by atoms with Crippen LogP contribution in [-0.2, 0) is 11.2 Å². The zero-order chi connectivity index (χ0) is 18.7. The molecule has 1 fully saturated rings. The molecule has 0 unspecified atom stereocenters. The summed E-state index contributed by atoms with van der Waals surface area (Å²) >= 11 is 0. The highest BCUT2D eigenvalue weighted by atomic mass is 16.5. The average molecular weight is 351 g/mol. The second-order valence-electron chi connectivity index (χ2n) is 5.70. The Hall–Kier alpha value is -3.47. The first-order valence-corrected chi connectivity index (χ1v) is 8.24. The number of carbonyl (C=O) groups is 2. The van der Waals surface area contributed by atoms with E-state index >= 15 is 0 Å². The van der Waals surface area contributed by atoms with Crippen LogP contribution in [0.25, 0.3) is 0 Å². The van der Waals surface area contributed by atoms with E-state index in [1.807, 2.05) is 13.8 Å². The van der Waals surface area contributed by atoms with E-state index in [4.69, 9.17) is 10.00 Å². The third kappa shape index (κ3) is 3.19. The van der Waals surface area contributed by atoms with E-state index in [-0.39, 0.29) is 17.6 Å². The molecule has 132 valence electrons. The van der Waals surface area contributed by atoms with Crippen molar-refractivity contribution in [3.63, 3.8) is 0 Å². The Labute approximate surface area is 150 Å². The fourth-order valence-electron chi connectivity index (χ4n) is 2.65. The summed E-state index contributed by atoms with van der Waals surface area (Å²) in [7, 11) is 0. The molecule has 3 rings (SSSR count). The van der Waals surface area contributed by atoms with E-state index in [2.05, 4.69) is 21.4 Å². The second kappa shape index (κ2) is 7.19. The Kier molecular flexibility index (Phi) is 4.80. The van der Waals surface area contributed by atoms with Crippen LogP contribution in [0.1, 0.15) is 31.4 Å². The van der Waals surface area contributed by atoms with Gasteiger partial charge in [0.25, 0.3) is 5.91 Å². The monoisotopic (exact) mass is 351 g/mol. The first kappa shape index (κ1) is 17.4. The maximum absolute atomic E-state index is 12.2. The summed E-state index contributed by atoms with van der Waals surface area (Å²) in [6.45, 7) is 3.78. The third-order valence-corrected chi connectivity index (χ3v) is 4.07. The van der Waals surface area contributed by atoms with E-state index in [9.17, 15) is 9.59 Å². The summed E-state index contributed by atoms with van der Waals surface area (Å²) in [5.74, 6) is 0.232. The van der Waals surface area contributed by atoms with Crippen molar-refractivity contribution in [3.05, 3.63) is 41.7 Å². The molecule has 0 saturated carbocycles. The molecule has 1 aliphatic heterocycles. The molecular weight excluding hydrogens is 334 g/mol. The fourth-order valence-corrected chi connectivity index (χ4v) is 2.65. The Morgan fingerprint density at radius 2 is 2.00 bits per heavy atom. The average Bonchev–Trinajstić information content (AvgIpc) is 2.96. The summed E-state index contributed by atoms with van der Waals surface area (Å²) in [6, 6.07) is 6.26. The van der Waals surface area contributed by atoms with Gasteiger partial charge in [0.15, 0.2) is 0 Å². The SMILES string of the molecule is CCc1cc(C#N)ccc1Oc1ncc(N2C(=O)N[C@H](CC)C2=O)cn1. The van der Waals surface area contributed by atoms with Crippen molar-refractivity contribution in [1.82, 2.24) is 15.3 Å². The molecule has 0 spiro atoms. The number of imide groups is 1. The van der Waals surface area contributed by atoms with Gasteiger partial charge in [-0.05, 0) is 36.6 Å². The molecule has 0 aliphatic carbocycles. The molecule has 8 nitrogen and oxygen atoms in total. The molecule has 1 atom stereocenters. The zero-order valence-electron chi connectivity index (χ0n) is 14.4. The molecule has 8 heteroatoms. The first-order valence-electron chi connectivity index (χ1n) is 8.24. The molecule has 2 heterocycles. The maximum Gasteiger partial charge on any atom is 0.329 e. The van der Waals surface area contributed by atoms with Crippen molar-refractivity contribution in [2.75, 3.05) is 4.90 Å². The molecule has 1 N–H and O–H groups in total. The van der Waals surface area contributed by atoms with Gasteiger partial charge in [-0.1, -0.05) is 13.8 Å².